The molecule has 1 heterocycles. The van der Waals surface area contributed by atoms with Crippen LogP contribution in [0.1, 0.15) is 51.4 Å². The average molecular weight is 248 g/mol. The highest BCUT2D eigenvalue weighted by Gasteiger charge is 2.54. The molecule has 4 bridgehead atoms. The van der Waals surface area contributed by atoms with Crippen LogP contribution in [-0.2, 0) is 0 Å². The monoisotopic (exact) mass is 248 g/mol. The Bertz CT molecular complexity index is 335. The molecule has 3 nitrogen and oxygen atoms in total. The lowest BCUT2D eigenvalue weighted by Gasteiger charge is -2.57. The zero-order valence-corrected chi connectivity index (χ0v) is 11.1. The van der Waals surface area contributed by atoms with Crippen molar-refractivity contribution in [2.75, 3.05) is 6.54 Å². The van der Waals surface area contributed by atoms with E-state index >= 15 is 0 Å². The summed E-state index contributed by atoms with van der Waals surface area (Å²) in [4.78, 5) is 0. The third-order valence-corrected chi connectivity index (χ3v) is 6.08. The molecule has 4 saturated carbocycles. The van der Waals surface area contributed by atoms with Gasteiger partial charge in [0.2, 0.25) is 0 Å². The van der Waals surface area contributed by atoms with E-state index in [0.717, 1.165) is 30.0 Å². The van der Waals surface area contributed by atoms with Crippen molar-refractivity contribution in [3.8, 4) is 0 Å². The SMILES string of the molecule is O/N=C(/C1CCCN1)C12CC3CC(CC(C3)C1)C2. The molecule has 4 aliphatic carbocycles. The van der Waals surface area contributed by atoms with Crippen LogP contribution in [0.25, 0.3) is 0 Å². The van der Waals surface area contributed by atoms with E-state index in [9.17, 15) is 5.21 Å². The zero-order valence-electron chi connectivity index (χ0n) is 11.1. The van der Waals surface area contributed by atoms with Gasteiger partial charge in [-0.25, -0.2) is 0 Å². The summed E-state index contributed by atoms with van der Waals surface area (Å²) in [6.07, 6.45) is 10.7. The third kappa shape index (κ3) is 1.56. The van der Waals surface area contributed by atoms with E-state index in [1.165, 1.54) is 51.4 Å². The van der Waals surface area contributed by atoms with Gasteiger partial charge in [0, 0.05) is 11.5 Å². The van der Waals surface area contributed by atoms with E-state index in [2.05, 4.69) is 10.5 Å². The normalized spacial score (nSPS) is 51.0. The second-order valence-electron chi connectivity index (χ2n) is 7.33. The molecule has 2 N–H and O–H groups in total. The summed E-state index contributed by atoms with van der Waals surface area (Å²) in [5, 5.41) is 17.0. The molecule has 5 rings (SSSR count). The molecule has 0 aromatic heterocycles. The van der Waals surface area contributed by atoms with Gasteiger partial charge in [-0.15, -0.1) is 0 Å². The first-order valence-electron chi connectivity index (χ1n) is 7.75. The number of oxime groups is 1. The van der Waals surface area contributed by atoms with Crippen molar-refractivity contribution in [1.29, 1.82) is 0 Å². The van der Waals surface area contributed by atoms with Crippen LogP contribution in [0.4, 0.5) is 0 Å². The summed E-state index contributed by atoms with van der Waals surface area (Å²) in [6, 6.07) is 0.367. The predicted molar refractivity (Wildman–Crippen MR) is 70.9 cm³/mol. The number of nitrogens with one attached hydrogen (secondary N) is 1. The standard InChI is InChI=1S/C15H24N2O/c18-17-14(13-2-1-3-16-13)15-7-10-4-11(8-15)6-12(5-10)9-15/h10-13,16,18H,1-9H2/b17-14-. The van der Waals surface area contributed by atoms with Crippen LogP contribution >= 0.6 is 0 Å². The molecule has 0 spiro atoms. The third-order valence-electron chi connectivity index (χ3n) is 6.08. The Labute approximate surface area is 109 Å². The smallest absolute Gasteiger partial charge is 0.0801 e. The summed E-state index contributed by atoms with van der Waals surface area (Å²) < 4.78 is 0. The molecule has 3 heteroatoms. The van der Waals surface area contributed by atoms with Gasteiger partial charge < -0.3 is 10.5 Å². The van der Waals surface area contributed by atoms with E-state index in [0.29, 0.717) is 6.04 Å². The molecule has 0 aromatic rings. The molecule has 1 aliphatic heterocycles. The van der Waals surface area contributed by atoms with Gasteiger partial charge >= 0.3 is 0 Å². The van der Waals surface area contributed by atoms with Gasteiger partial charge in [-0.1, -0.05) is 5.16 Å². The Morgan fingerprint density at radius 1 is 1.06 bits per heavy atom. The highest BCUT2D eigenvalue weighted by Crippen LogP contribution is 2.61. The van der Waals surface area contributed by atoms with Crippen molar-refractivity contribution < 1.29 is 5.21 Å². The lowest BCUT2D eigenvalue weighted by Crippen LogP contribution is -2.54. The minimum absolute atomic E-state index is 0.269. The fraction of sp³-hybridized carbons (Fsp3) is 0.933. The molecule has 0 amide bonds. The molecule has 5 fully saturated rings. The lowest BCUT2D eigenvalue weighted by molar-refractivity contribution is -0.0155. The summed E-state index contributed by atoms with van der Waals surface area (Å²) >= 11 is 0. The molecule has 1 atom stereocenters. The van der Waals surface area contributed by atoms with Gasteiger partial charge in [0.15, 0.2) is 0 Å². The zero-order chi connectivity index (χ0) is 12.2. The van der Waals surface area contributed by atoms with Crippen LogP contribution in [-0.4, -0.2) is 23.5 Å². The quantitative estimate of drug-likeness (QED) is 0.448. The molecule has 100 valence electrons. The molecule has 1 unspecified atom stereocenters. The summed E-state index contributed by atoms with van der Waals surface area (Å²) in [5.41, 5.74) is 1.39. The Kier molecular flexibility index (Phi) is 2.48. The largest absolute Gasteiger partial charge is 0.411 e. The lowest BCUT2D eigenvalue weighted by atomic mass is 9.48. The topological polar surface area (TPSA) is 44.6 Å². The van der Waals surface area contributed by atoms with Crippen molar-refractivity contribution in [3.63, 3.8) is 0 Å². The molecule has 0 radical (unpaired) electrons. The predicted octanol–water partition coefficient (Wildman–Crippen LogP) is 2.79. The first-order chi connectivity index (χ1) is 8.79. The van der Waals surface area contributed by atoms with Gasteiger partial charge in [-0.3, -0.25) is 0 Å². The van der Waals surface area contributed by atoms with Gasteiger partial charge in [-0.2, -0.15) is 0 Å². The van der Waals surface area contributed by atoms with Crippen molar-refractivity contribution >= 4 is 5.71 Å². The second kappa shape index (κ2) is 3.96. The summed E-state index contributed by atoms with van der Waals surface area (Å²) in [5.74, 6) is 2.78. The molecule has 1 saturated heterocycles. The highest BCUT2D eigenvalue weighted by molar-refractivity contribution is 5.95. The average Bonchev–Trinajstić information content (AvgIpc) is 2.81. The van der Waals surface area contributed by atoms with Crippen LogP contribution < -0.4 is 5.32 Å². The second-order valence-corrected chi connectivity index (χ2v) is 7.33. The Balaban J connectivity index is 1.65. The highest BCUT2D eigenvalue weighted by atomic mass is 16.4. The maximum absolute atomic E-state index is 9.59. The number of rotatable bonds is 2. The number of hydrogen-bond donors (Lipinski definition) is 2. The van der Waals surface area contributed by atoms with E-state index in [1.54, 1.807) is 0 Å². The van der Waals surface area contributed by atoms with Gasteiger partial charge in [0.25, 0.3) is 0 Å². The first-order valence-corrected chi connectivity index (χ1v) is 7.75. The van der Waals surface area contributed by atoms with E-state index in [4.69, 9.17) is 0 Å². The van der Waals surface area contributed by atoms with Crippen molar-refractivity contribution in [2.45, 2.75) is 57.4 Å². The molecular weight excluding hydrogens is 224 g/mol. The number of hydrogen-bond acceptors (Lipinski definition) is 3. The van der Waals surface area contributed by atoms with Crippen molar-refractivity contribution in [2.24, 2.45) is 28.3 Å². The fourth-order valence-electron chi connectivity index (χ4n) is 5.89. The number of nitrogens with zero attached hydrogens (tertiary/aromatic N) is 1. The van der Waals surface area contributed by atoms with Crippen LogP contribution in [0, 0.1) is 23.2 Å². The van der Waals surface area contributed by atoms with E-state index in [-0.39, 0.29) is 5.41 Å². The first kappa shape index (κ1) is 11.3. The summed E-state index contributed by atoms with van der Waals surface area (Å²) in [6.45, 7) is 1.09. The van der Waals surface area contributed by atoms with Gasteiger partial charge in [0.1, 0.15) is 0 Å². The molecular formula is C15H24N2O. The van der Waals surface area contributed by atoms with E-state index < -0.39 is 0 Å². The molecule has 5 aliphatic rings. The maximum atomic E-state index is 9.59. The van der Waals surface area contributed by atoms with Crippen LogP contribution in [0.2, 0.25) is 0 Å². The van der Waals surface area contributed by atoms with Crippen LogP contribution in [0.5, 0.6) is 0 Å². The van der Waals surface area contributed by atoms with Gasteiger partial charge in [0.05, 0.1) is 5.71 Å². The molecule has 18 heavy (non-hydrogen) atoms. The Morgan fingerprint density at radius 2 is 1.67 bits per heavy atom. The molecule has 0 aromatic carbocycles. The van der Waals surface area contributed by atoms with Crippen LogP contribution in [0.3, 0.4) is 0 Å². The maximum Gasteiger partial charge on any atom is 0.0801 e. The fourth-order valence-corrected chi connectivity index (χ4v) is 5.89. The van der Waals surface area contributed by atoms with Gasteiger partial charge in [-0.05, 0) is 75.7 Å². The summed E-state index contributed by atoms with van der Waals surface area (Å²) in [7, 11) is 0. The minimum atomic E-state index is 0.269. The van der Waals surface area contributed by atoms with Crippen molar-refractivity contribution in [3.05, 3.63) is 0 Å². The minimum Gasteiger partial charge on any atom is -0.411 e. The van der Waals surface area contributed by atoms with Crippen LogP contribution in [0.15, 0.2) is 5.16 Å². The Morgan fingerprint density at radius 3 is 2.11 bits per heavy atom. The van der Waals surface area contributed by atoms with E-state index in [1.807, 2.05) is 0 Å². The van der Waals surface area contributed by atoms with Crippen molar-refractivity contribution in [1.82, 2.24) is 5.32 Å². The Hall–Kier alpha value is -0.570.